The van der Waals surface area contributed by atoms with Crippen LogP contribution in [0, 0.1) is 0 Å². The third-order valence-electron chi connectivity index (χ3n) is 6.95. The van der Waals surface area contributed by atoms with Gasteiger partial charge in [0.25, 0.3) is 0 Å². The summed E-state index contributed by atoms with van der Waals surface area (Å²) in [7, 11) is 3.56. The number of likely N-dealkylation sites (N-methyl/N-ethyl adjacent to an activating group) is 1. The number of rotatable bonds is 8. The van der Waals surface area contributed by atoms with Crippen LogP contribution in [0.15, 0.2) is 41.3 Å². The fourth-order valence-corrected chi connectivity index (χ4v) is 5.91. The Morgan fingerprint density at radius 3 is 2.38 bits per heavy atom. The van der Waals surface area contributed by atoms with Gasteiger partial charge in [0.15, 0.2) is 11.5 Å². The first-order chi connectivity index (χ1) is 16.3. The van der Waals surface area contributed by atoms with Crippen LogP contribution in [-0.4, -0.2) is 85.8 Å². The van der Waals surface area contributed by atoms with E-state index in [9.17, 15) is 8.42 Å². The number of aryl methyl sites for hydroxylation is 1. The average molecular weight is 489 g/mol. The Kier molecular flexibility index (Phi) is 7.67. The predicted molar refractivity (Wildman–Crippen MR) is 135 cm³/mol. The molecule has 8 nitrogen and oxygen atoms in total. The lowest BCUT2D eigenvalue weighted by Gasteiger charge is -2.39. The number of fused-ring (bicyclic) bond motifs is 1. The fourth-order valence-electron chi connectivity index (χ4n) is 4.86. The molecule has 2 aromatic carbocycles. The van der Waals surface area contributed by atoms with Gasteiger partial charge in [0.05, 0.1) is 19.1 Å². The maximum absolute atomic E-state index is 13.2. The van der Waals surface area contributed by atoms with Crippen molar-refractivity contribution in [1.82, 2.24) is 14.5 Å². The van der Waals surface area contributed by atoms with Crippen LogP contribution in [0.25, 0.3) is 0 Å². The van der Waals surface area contributed by atoms with E-state index in [2.05, 4.69) is 51.7 Å². The van der Waals surface area contributed by atoms with E-state index in [-0.39, 0.29) is 10.9 Å². The van der Waals surface area contributed by atoms with Gasteiger partial charge in [-0.05, 0) is 49.2 Å². The quantitative estimate of drug-likeness (QED) is 0.611. The third kappa shape index (κ3) is 5.33. The number of piperazine rings is 1. The van der Waals surface area contributed by atoms with Crippen molar-refractivity contribution in [1.29, 1.82) is 0 Å². The second kappa shape index (κ2) is 10.5. The van der Waals surface area contributed by atoms with Gasteiger partial charge in [-0.25, -0.2) is 13.1 Å². The molecular weight excluding hydrogens is 452 g/mol. The Hall–Kier alpha value is -2.33. The van der Waals surface area contributed by atoms with E-state index in [1.807, 2.05) is 0 Å². The van der Waals surface area contributed by atoms with Gasteiger partial charge in [-0.3, -0.25) is 4.90 Å². The molecule has 0 bridgehead atoms. The molecule has 2 aliphatic heterocycles. The van der Waals surface area contributed by atoms with E-state index in [1.165, 1.54) is 31.5 Å². The first kappa shape index (κ1) is 24.8. The number of hydrogen-bond donors (Lipinski definition) is 1. The van der Waals surface area contributed by atoms with Crippen LogP contribution in [0.4, 0.5) is 5.69 Å². The standard InChI is InChI=1S/C25H36N4O4S/c1-27-12-14-29(15-13-27)23(20-7-9-22-19(16-20)6-5-11-28(22)2)18-26-34(30,31)21-8-10-24(32-3)25(17-21)33-4/h7-10,16-17,23,26H,5-6,11-15,18H2,1-4H3/t23-/m0/s1. The Morgan fingerprint density at radius 2 is 1.68 bits per heavy atom. The maximum Gasteiger partial charge on any atom is 0.240 e. The van der Waals surface area contributed by atoms with Crippen LogP contribution in [-0.2, 0) is 16.4 Å². The van der Waals surface area contributed by atoms with E-state index in [4.69, 9.17) is 9.47 Å². The van der Waals surface area contributed by atoms with Crippen LogP contribution >= 0.6 is 0 Å². The minimum absolute atomic E-state index is 0.0406. The van der Waals surface area contributed by atoms with Crippen molar-refractivity contribution in [3.05, 3.63) is 47.5 Å². The van der Waals surface area contributed by atoms with Gasteiger partial charge in [0.2, 0.25) is 10.0 Å². The summed E-state index contributed by atoms with van der Waals surface area (Å²) in [5, 5.41) is 0. The molecule has 186 valence electrons. The van der Waals surface area contributed by atoms with Crippen molar-refractivity contribution in [3.63, 3.8) is 0 Å². The minimum atomic E-state index is -3.73. The zero-order valence-electron chi connectivity index (χ0n) is 20.6. The summed E-state index contributed by atoms with van der Waals surface area (Å²) in [6, 6.07) is 11.2. The Morgan fingerprint density at radius 1 is 0.941 bits per heavy atom. The summed E-state index contributed by atoms with van der Waals surface area (Å²) < 4.78 is 39.8. The third-order valence-corrected chi connectivity index (χ3v) is 8.37. The van der Waals surface area contributed by atoms with E-state index in [1.54, 1.807) is 12.1 Å². The highest BCUT2D eigenvalue weighted by Crippen LogP contribution is 2.32. The summed E-state index contributed by atoms with van der Waals surface area (Å²) in [5.41, 5.74) is 3.78. The lowest BCUT2D eigenvalue weighted by molar-refractivity contribution is 0.113. The first-order valence-electron chi connectivity index (χ1n) is 11.8. The van der Waals surface area contributed by atoms with E-state index in [0.29, 0.717) is 18.0 Å². The van der Waals surface area contributed by atoms with Gasteiger partial charge < -0.3 is 19.3 Å². The number of sulfonamides is 1. The highest BCUT2D eigenvalue weighted by molar-refractivity contribution is 7.89. The molecule has 0 aromatic heterocycles. The molecule has 1 N–H and O–H groups in total. The van der Waals surface area contributed by atoms with Crippen LogP contribution in [0.3, 0.4) is 0 Å². The number of ether oxygens (including phenoxy) is 2. The van der Waals surface area contributed by atoms with Gasteiger partial charge in [-0.1, -0.05) is 12.1 Å². The predicted octanol–water partition coefficient (Wildman–Crippen LogP) is 2.35. The van der Waals surface area contributed by atoms with Gasteiger partial charge in [-0.15, -0.1) is 0 Å². The smallest absolute Gasteiger partial charge is 0.240 e. The van der Waals surface area contributed by atoms with E-state index in [0.717, 1.165) is 51.1 Å². The molecule has 34 heavy (non-hydrogen) atoms. The maximum atomic E-state index is 13.2. The highest BCUT2D eigenvalue weighted by Gasteiger charge is 2.27. The number of benzene rings is 2. The molecular formula is C25H36N4O4S. The molecule has 0 spiro atoms. The molecule has 1 saturated heterocycles. The number of nitrogens with one attached hydrogen (secondary N) is 1. The molecule has 0 saturated carbocycles. The van der Waals surface area contributed by atoms with Crippen LogP contribution in [0.2, 0.25) is 0 Å². The Labute approximate surface area is 203 Å². The lowest BCUT2D eigenvalue weighted by atomic mass is 9.95. The molecule has 0 aliphatic carbocycles. The summed E-state index contributed by atoms with van der Waals surface area (Å²) in [6.07, 6.45) is 2.19. The van der Waals surface area contributed by atoms with Crippen molar-refractivity contribution in [2.45, 2.75) is 23.8 Å². The Bertz CT molecular complexity index is 1100. The number of hydrogen-bond acceptors (Lipinski definition) is 7. The molecule has 2 heterocycles. The largest absolute Gasteiger partial charge is 0.493 e. The van der Waals surface area contributed by atoms with Crippen molar-refractivity contribution < 1.29 is 17.9 Å². The SMILES string of the molecule is COc1ccc(S(=O)(=O)NC[C@@H](c2ccc3c(c2)CCCN3C)N2CCN(C)CC2)cc1OC. The van der Waals surface area contributed by atoms with Crippen LogP contribution in [0.5, 0.6) is 11.5 Å². The number of nitrogens with zero attached hydrogens (tertiary/aromatic N) is 3. The van der Waals surface area contributed by atoms with Gasteiger partial charge in [-0.2, -0.15) is 0 Å². The van der Waals surface area contributed by atoms with Crippen molar-refractivity contribution in [2.75, 3.05) is 72.5 Å². The van der Waals surface area contributed by atoms with Gasteiger partial charge in [0, 0.05) is 64.1 Å². The first-order valence-corrected chi connectivity index (χ1v) is 13.3. The highest BCUT2D eigenvalue weighted by atomic mass is 32.2. The molecule has 0 amide bonds. The Balaban J connectivity index is 1.59. The molecule has 1 atom stereocenters. The van der Waals surface area contributed by atoms with E-state index < -0.39 is 10.0 Å². The molecule has 2 aliphatic rings. The van der Waals surface area contributed by atoms with Crippen LogP contribution < -0.4 is 19.1 Å². The van der Waals surface area contributed by atoms with Crippen LogP contribution in [0.1, 0.15) is 23.6 Å². The van der Waals surface area contributed by atoms with Gasteiger partial charge >= 0.3 is 0 Å². The summed E-state index contributed by atoms with van der Waals surface area (Å²) in [4.78, 5) is 7.16. The topological polar surface area (TPSA) is 74.4 Å². The van der Waals surface area contributed by atoms with Crippen molar-refractivity contribution >= 4 is 15.7 Å². The van der Waals surface area contributed by atoms with E-state index >= 15 is 0 Å². The van der Waals surface area contributed by atoms with Crippen molar-refractivity contribution in [3.8, 4) is 11.5 Å². The second-order valence-electron chi connectivity index (χ2n) is 9.14. The fraction of sp³-hybridized carbons (Fsp3) is 0.520. The number of anilines is 1. The summed E-state index contributed by atoms with van der Waals surface area (Å²) >= 11 is 0. The molecule has 0 unspecified atom stereocenters. The zero-order valence-corrected chi connectivity index (χ0v) is 21.4. The molecule has 4 rings (SSSR count). The summed E-state index contributed by atoms with van der Waals surface area (Å²) in [6.45, 7) is 5.10. The normalized spacial score (nSPS) is 18.4. The van der Waals surface area contributed by atoms with Crippen molar-refractivity contribution in [2.24, 2.45) is 0 Å². The lowest BCUT2D eigenvalue weighted by Crippen LogP contribution is -2.48. The van der Waals surface area contributed by atoms with Gasteiger partial charge in [0.1, 0.15) is 0 Å². The monoisotopic (exact) mass is 488 g/mol. The molecule has 0 radical (unpaired) electrons. The minimum Gasteiger partial charge on any atom is -0.493 e. The zero-order chi connectivity index (χ0) is 24.3. The second-order valence-corrected chi connectivity index (χ2v) is 10.9. The molecule has 1 fully saturated rings. The molecule has 2 aromatic rings. The molecule has 9 heteroatoms. The number of methoxy groups -OCH3 is 2. The average Bonchev–Trinajstić information content (AvgIpc) is 2.84. The summed E-state index contributed by atoms with van der Waals surface area (Å²) in [5.74, 6) is 0.885.